The predicted octanol–water partition coefficient (Wildman–Crippen LogP) is 4.30. The average Bonchev–Trinajstić information content (AvgIpc) is 3.50. The highest BCUT2D eigenvalue weighted by Crippen LogP contribution is 2.56. The number of likely N-dealkylation sites (tertiary alicyclic amines) is 1. The minimum Gasteiger partial charge on any atom is -0.331 e. The first-order valence-corrected chi connectivity index (χ1v) is 10.3. The van der Waals surface area contributed by atoms with Crippen molar-refractivity contribution in [2.24, 2.45) is 17.8 Å². The predicted molar refractivity (Wildman–Crippen MR) is 100 cm³/mol. The Labute approximate surface area is 166 Å². The van der Waals surface area contributed by atoms with Crippen LogP contribution < -0.4 is 0 Å². The number of fused-ring (bicyclic) bond motifs is 1. The third-order valence-electron chi connectivity index (χ3n) is 6.61. The van der Waals surface area contributed by atoms with Gasteiger partial charge in [-0.1, -0.05) is 0 Å². The number of nitrogens with zero attached hydrogens (tertiary/aromatic N) is 4. The Morgan fingerprint density at radius 1 is 1.17 bits per heavy atom. The summed E-state index contributed by atoms with van der Waals surface area (Å²) in [5, 5.41) is 0. The maximum atomic E-state index is 13.3. The molecule has 2 aliphatic carbocycles. The average molecular weight is 408 g/mol. The van der Waals surface area contributed by atoms with Gasteiger partial charge in [-0.2, -0.15) is 13.2 Å². The Balaban J connectivity index is 1.44. The van der Waals surface area contributed by atoms with Crippen LogP contribution in [0.25, 0.3) is 11.3 Å². The van der Waals surface area contributed by atoms with Gasteiger partial charge >= 0.3 is 6.18 Å². The lowest BCUT2D eigenvalue weighted by molar-refractivity contribution is -0.138. The molecule has 156 valence electrons. The third kappa shape index (κ3) is 3.56. The number of hydrogen-bond donors (Lipinski definition) is 0. The van der Waals surface area contributed by atoms with Crippen LogP contribution in [0.3, 0.4) is 0 Å². The lowest BCUT2D eigenvalue weighted by atomic mass is 10.1. The Bertz CT molecular complexity index is 906. The molecule has 3 heterocycles. The molecule has 8 heteroatoms. The molecule has 1 aliphatic heterocycles. The Hall–Kier alpha value is -1.96. The van der Waals surface area contributed by atoms with Gasteiger partial charge in [0.25, 0.3) is 0 Å². The molecule has 0 amide bonds. The number of alkyl halides is 4. The first-order valence-electron chi connectivity index (χ1n) is 10.3. The van der Waals surface area contributed by atoms with Gasteiger partial charge in [0.15, 0.2) is 0 Å². The zero-order valence-electron chi connectivity index (χ0n) is 16.3. The van der Waals surface area contributed by atoms with Gasteiger partial charge in [0, 0.05) is 55.7 Å². The van der Waals surface area contributed by atoms with Crippen molar-refractivity contribution >= 4 is 0 Å². The zero-order valence-corrected chi connectivity index (χ0v) is 16.3. The van der Waals surface area contributed by atoms with E-state index >= 15 is 0 Å². The summed E-state index contributed by atoms with van der Waals surface area (Å²) in [7, 11) is 0. The molecule has 2 aromatic rings. The topological polar surface area (TPSA) is 34.0 Å². The summed E-state index contributed by atoms with van der Waals surface area (Å²) in [5.74, 6) is 2.58. The van der Waals surface area contributed by atoms with E-state index in [9.17, 15) is 17.6 Å². The Kier molecular flexibility index (Phi) is 4.46. The van der Waals surface area contributed by atoms with Crippen molar-refractivity contribution in [1.29, 1.82) is 0 Å². The molecule has 3 fully saturated rings. The number of piperidine rings is 1. The van der Waals surface area contributed by atoms with E-state index in [1.54, 1.807) is 0 Å². The van der Waals surface area contributed by atoms with Gasteiger partial charge in [0.2, 0.25) is 0 Å². The largest absolute Gasteiger partial charge is 0.418 e. The van der Waals surface area contributed by atoms with E-state index < -0.39 is 11.7 Å². The third-order valence-corrected chi connectivity index (χ3v) is 6.61. The van der Waals surface area contributed by atoms with Crippen LogP contribution in [0, 0.1) is 24.7 Å². The summed E-state index contributed by atoms with van der Waals surface area (Å²) in [6.07, 6.45) is 2.21. The molecule has 3 aliphatic rings. The minimum atomic E-state index is -4.43. The fraction of sp³-hybridized carbons (Fsp3) is 0.619. The van der Waals surface area contributed by atoms with Crippen LogP contribution in [0.4, 0.5) is 17.6 Å². The molecule has 1 unspecified atom stereocenters. The molecular weight excluding hydrogens is 384 g/mol. The fourth-order valence-corrected chi connectivity index (χ4v) is 4.82. The van der Waals surface area contributed by atoms with E-state index in [1.165, 1.54) is 26.0 Å². The quantitative estimate of drug-likeness (QED) is 0.669. The normalized spacial score (nSPS) is 26.7. The highest BCUT2D eigenvalue weighted by molar-refractivity contribution is 5.59. The van der Waals surface area contributed by atoms with E-state index in [2.05, 4.69) is 14.5 Å². The second-order valence-electron chi connectivity index (χ2n) is 8.72. The molecule has 0 radical (unpaired) electrons. The molecule has 0 aromatic carbocycles. The molecule has 29 heavy (non-hydrogen) atoms. The summed E-state index contributed by atoms with van der Waals surface area (Å²) in [6, 6.07) is 1.49. The molecule has 0 N–H and O–H groups in total. The number of aromatic nitrogens is 3. The summed E-state index contributed by atoms with van der Waals surface area (Å²) >= 11 is 0. The van der Waals surface area contributed by atoms with E-state index in [0.29, 0.717) is 41.6 Å². The van der Waals surface area contributed by atoms with Gasteiger partial charge in [-0.15, -0.1) is 0 Å². The van der Waals surface area contributed by atoms with Crippen molar-refractivity contribution in [3.05, 3.63) is 35.5 Å². The molecule has 0 bridgehead atoms. The summed E-state index contributed by atoms with van der Waals surface area (Å²) < 4.78 is 54.7. The smallest absolute Gasteiger partial charge is 0.331 e. The van der Waals surface area contributed by atoms with Gasteiger partial charge in [0.05, 0.1) is 11.3 Å². The monoisotopic (exact) mass is 408 g/mol. The van der Waals surface area contributed by atoms with Crippen LogP contribution >= 0.6 is 0 Å². The van der Waals surface area contributed by atoms with Crippen molar-refractivity contribution in [2.45, 2.75) is 38.4 Å². The SMILES string of the molecule is Cc1ncc(-c2cn(C3[C@H]4CN(CCF)C[C@@H]34)c(CC3CC3)n2)cc1C(F)(F)F. The van der Waals surface area contributed by atoms with Crippen molar-refractivity contribution in [3.8, 4) is 11.3 Å². The molecule has 4 nitrogen and oxygen atoms in total. The lowest BCUT2D eigenvalue weighted by Gasteiger charge is -2.18. The van der Waals surface area contributed by atoms with Gasteiger partial charge in [-0.25, -0.2) is 9.37 Å². The standard InChI is InChI=1S/C21H24F4N4/c1-12-17(21(23,24)25)7-14(8-26-12)18-11-29(19(27-18)6-13-2-3-13)20-15-9-28(5-4-22)10-16(15)20/h7-8,11,13,15-16,20H,2-6,9-10H2,1H3/t15-,16+,20?. The van der Waals surface area contributed by atoms with Crippen molar-refractivity contribution in [3.63, 3.8) is 0 Å². The van der Waals surface area contributed by atoms with E-state index in [-0.39, 0.29) is 12.4 Å². The number of halogens is 4. The maximum absolute atomic E-state index is 13.3. The van der Waals surface area contributed by atoms with Crippen LogP contribution in [0.5, 0.6) is 0 Å². The van der Waals surface area contributed by atoms with E-state index in [4.69, 9.17) is 4.98 Å². The molecule has 3 atom stereocenters. The molecular formula is C21H24F4N4. The number of aryl methyl sites for hydroxylation is 1. The molecule has 1 saturated heterocycles. The lowest BCUT2D eigenvalue weighted by Crippen LogP contribution is -2.27. The van der Waals surface area contributed by atoms with Gasteiger partial charge in [0.1, 0.15) is 12.5 Å². The number of pyridine rings is 1. The highest BCUT2D eigenvalue weighted by Gasteiger charge is 2.57. The minimum absolute atomic E-state index is 0.0245. The summed E-state index contributed by atoms with van der Waals surface area (Å²) in [5.41, 5.74) is 0.231. The molecule has 0 spiro atoms. The maximum Gasteiger partial charge on any atom is 0.418 e. The molecule has 5 rings (SSSR count). The van der Waals surface area contributed by atoms with Gasteiger partial charge in [-0.05, 0) is 43.6 Å². The van der Waals surface area contributed by atoms with Gasteiger partial charge < -0.3 is 9.47 Å². The Morgan fingerprint density at radius 3 is 2.52 bits per heavy atom. The van der Waals surface area contributed by atoms with Gasteiger partial charge in [-0.3, -0.25) is 4.98 Å². The summed E-state index contributed by atoms with van der Waals surface area (Å²) in [6.45, 7) is 3.31. The number of imidazole rings is 1. The van der Waals surface area contributed by atoms with Crippen molar-refractivity contribution in [1.82, 2.24) is 19.4 Å². The Morgan fingerprint density at radius 2 is 1.90 bits per heavy atom. The highest BCUT2D eigenvalue weighted by atomic mass is 19.4. The summed E-state index contributed by atoms with van der Waals surface area (Å²) in [4.78, 5) is 10.9. The van der Waals surface area contributed by atoms with Crippen molar-refractivity contribution in [2.75, 3.05) is 26.3 Å². The first kappa shape index (κ1) is 19.0. The first-order chi connectivity index (χ1) is 13.8. The van der Waals surface area contributed by atoms with Crippen LogP contribution in [0.2, 0.25) is 0 Å². The number of hydrogen-bond acceptors (Lipinski definition) is 3. The van der Waals surface area contributed by atoms with E-state index in [1.807, 2.05) is 6.20 Å². The van der Waals surface area contributed by atoms with E-state index in [0.717, 1.165) is 31.4 Å². The zero-order chi connectivity index (χ0) is 20.3. The van der Waals surface area contributed by atoms with Crippen LogP contribution in [0.1, 0.15) is 36.0 Å². The van der Waals surface area contributed by atoms with Crippen molar-refractivity contribution < 1.29 is 17.6 Å². The van der Waals surface area contributed by atoms with Crippen LogP contribution in [-0.4, -0.2) is 45.7 Å². The second-order valence-corrected chi connectivity index (χ2v) is 8.72. The fourth-order valence-electron chi connectivity index (χ4n) is 4.82. The van der Waals surface area contributed by atoms with Crippen LogP contribution in [0.15, 0.2) is 18.5 Å². The van der Waals surface area contributed by atoms with Crippen LogP contribution in [-0.2, 0) is 12.6 Å². The molecule has 2 saturated carbocycles. The number of rotatable bonds is 6. The molecule has 2 aromatic heterocycles. The second kappa shape index (κ2) is 6.79.